The number of hydrogen-bond acceptors (Lipinski definition) is 4. The van der Waals surface area contributed by atoms with E-state index in [1.165, 1.54) is 12.8 Å². The van der Waals surface area contributed by atoms with Gasteiger partial charge in [-0.25, -0.2) is 0 Å². The molecule has 1 atom stereocenters. The number of rotatable bonds is 9. The van der Waals surface area contributed by atoms with Gasteiger partial charge in [0, 0.05) is 23.9 Å². The van der Waals surface area contributed by atoms with Crippen LogP contribution in [0, 0.1) is 11.8 Å². The second kappa shape index (κ2) is 8.22. The summed E-state index contributed by atoms with van der Waals surface area (Å²) in [5.74, 6) is 2.25. The van der Waals surface area contributed by atoms with Crippen molar-refractivity contribution >= 4 is 35.4 Å². The minimum atomic E-state index is -0.0579. The van der Waals surface area contributed by atoms with Gasteiger partial charge in [-0.3, -0.25) is 9.48 Å². The fourth-order valence-electron chi connectivity index (χ4n) is 2.56. The molecule has 6 heteroatoms. The second-order valence-corrected chi connectivity index (χ2v) is 7.46. The van der Waals surface area contributed by atoms with E-state index in [0.29, 0.717) is 13.0 Å². The lowest BCUT2D eigenvalue weighted by Crippen LogP contribution is -2.05. The second-order valence-electron chi connectivity index (χ2n) is 6.16. The van der Waals surface area contributed by atoms with Gasteiger partial charge in [-0.15, -0.1) is 12.6 Å². The van der Waals surface area contributed by atoms with Crippen molar-refractivity contribution in [2.75, 3.05) is 12.4 Å². The molecule has 1 saturated carbocycles. The van der Waals surface area contributed by atoms with Crippen molar-refractivity contribution < 1.29 is 8.98 Å². The summed E-state index contributed by atoms with van der Waals surface area (Å²) in [4.78, 5) is 11.2. The number of aromatic nitrogens is 2. The number of carbonyl (C=O) groups is 1. The Labute approximate surface area is 147 Å². The molecular formula is C17H22N2O2S2. The Bertz CT molecular complexity index is 605. The SMILES string of the molecule is O=C(S)CC1C=C(c2cnn(CCOSCC3CC3)c2)C=CC1. The van der Waals surface area contributed by atoms with E-state index >= 15 is 0 Å². The van der Waals surface area contributed by atoms with E-state index in [2.05, 4.69) is 36.0 Å². The molecule has 0 amide bonds. The molecule has 0 aromatic carbocycles. The Morgan fingerprint density at radius 1 is 1.48 bits per heavy atom. The van der Waals surface area contributed by atoms with Crippen LogP contribution in [0.1, 0.15) is 31.2 Å². The topological polar surface area (TPSA) is 44.1 Å². The third-order valence-corrected chi connectivity index (χ3v) is 5.17. The van der Waals surface area contributed by atoms with Gasteiger partial charge in [0.2, 0.25) is 0 Å². The van der Waals surface area contributed by atoms with Crippen molar-refractivity contribution in [3.05, 3.63) is 36.2 Å². The first-order chi connectivity index (χ1) is 11.2. The van der Waals surface area contributed by atoms with Crippen molar-refractivity contribution in [1.82, 2.24) is 9.78 Å². The highest BCUT2D eigenvalue weighted by molar-refractivity contribution is 7.96. The highest BCUT2D eigenvalue weighted by atomic mass is 32.2. The zero-order valence-corrected chi connectivity index (χ0v) is 14.8. The summed E-state index contributed by atoms with van der Waals surface area (Å²) in [6.07, 6.45) is 14.4. The summed E-state index contributed by atoms with van der Waals surface area (Å²) in [6, 6.07) is 0. The maximum Gasteiger partial charge on any atom is 0.186 e. The molecule has 1 fully saturated rings. The molecule has 0 aliphatic heterocycles. The van der Waals surface area contributed by atoms with Gasteiger partial charge in [-0.05, 0) is 48.7 Å². The minimum absolute atomic E-state index is 0.0579. The molecule has 1 aromatic heterocycles. The lowest BCUT2D eigenvalue weighted by molar-refractivity contribution is -0.111. The first-order valence-corrected chi connectivity index (χ1v) is 9.44. The lowest BCUT2D eigenvalue weighted by atomic mass is 9.92. The highest BCUT2D eigenvalue weighted by Crippen LogP contribution is 2.32. The predicted molar refractivity (Wildman–Crippen MR) is 97.2 cm³/mol. The van der Waals surface area contributed by atoms with Crippen LogP contribution in [0.2, 0.25) is 0 Å². The van der Waals surface area contributed by atoms with Crippen LogP contribution in [-0.2, 0) is 15.5 Å². The zero-order chi connectivity index (χ0) is 16.1. The van der Waals surface area contributed by atoms with Crippen molar-refractivity contribution in [3.8, 4) is 0 Å². The molecule has 1 unspecified atom stereocenters. The first kappa shape index (κ1) is 16.9. The quantitative estimate of drug-likeness (QED) is 0.418. The molecular weight excluding hydrogens is 328 g/mol. The molecule has 2 aliphatic rings. The van der Waals surface area contributed by atoms with Gasteiger partial charge in [0.15, 0.2) is 5.12 Å². The van der Waals surface area contributed by atoms with E-state index in [-0.39, 0.29) is 11.0 Å². The van der Waals surface area contributed by atoms with Crippen LogP contribution < -0.4 is 0 Å². The van der Waals surface area contributed by atoms with Gasteiger partial charge in [0.25, 0.3) is 0 Å². The number of thiol groups is 1. The number of nitrogens with zero attached hydrogens (tertiary/aromatic N) is 2. The molecule has 2 aliphatic carbocycles. The molecule has 0 saturated heterocycles. The molecule has 0 N–H and O–H groups in total. The Hall–Kier alpha value is -0.980. The summed E-state index contributed by atoms with van der Waals surface area (Å²) in [5.41, 5.74) is 2.22. The van der Waals surface area contributed by atoms with Crippen LogP contribution in [0.15, 0.2) is 30.6 Å². The van der Waals surface area contributed by atoms with E-state index in [0.717, 1.165) is 35.8 Å². The van der Waals surface area contributed by atoms with Gasteiger partial charge >= 0.3 is 0 Å². The predicted octanol–water partition coefficient (Wildman–Crippen LogP) is 3.76. The Kier molecular flexibility index (Phi) is 6.02. The maximum absolute atomic E-state index is 11.2. The van der Waals surface area contributed by atoms with E-state index in [1.54, 1.807) is 12.0 Å². The summed E-state index contributed by atoms with van der Waals surface area (Å²) >= 11 is 5.46. The van der Waals surface area contributed by atoms with Crippen LogP contribution in [0.4, 0.5) is 0 Å². The third-order valence-electron chi connectivity index (χ3n) is 4.04. The summed E-state index contributed by atoms with van der Waals surface area (Å²) in [7, 11) is 0. The van der Waals surface area contributed by atoms with Crippen LogP contribution in [0.25, 0.3) is 5.57 Å². The Morgan fingerprint density at radius 2 is 2.35 bits per heavy atom. The van der Waals surface area contributed by atoms with Crippen LogP contribution in [-0.4, -0.2) is 27.3 Å². The fraction of sp³-hybridized carbons (Fsp3) is 0.529. The average molecular weight is 351 g/mol. The van der Waals surface area contributed by atoms with Gasteiger partial charge in [-0.1, -0.05) is 18.2 Å². The molecule has 3 rings (SSSR count). The van der Waals surface area contributed by atoms with Crippen LogP contribution in [0.5, 0.6) is 0 Å². The molecule has 0 bridgehead atoms. The summed E-state index contributed by atoms with van der Waals surface area (Å²) in [5, 5.41) is 4.34. The Morgan fingerprint density at radius 3 is 3.13 bits per heavy atom. The smallest absolute Gasteiger partial charge is 0.186 e. The molecule has 0 spiro atoms. The standard InChI is InChI=1S/C17H22N2O2S2/c20-17(22)9-14-2-1-3-15(8-14)16-10-18-19(11-16)6-7-21-23-12-13-4-5-13/h1,3,8,10-11,13-14H,2,4-7,9,12H2,(H,20,22). The lowest BCUT2D eigenvalue weighted by Gasteiger charge is -2.14. The van der Waals surface area contributed by atoms with Gasteiger partial charge in [0.1, 0.15) is 0 Å². The number of carbonyl (C=O) groups excluding carboxylic acids is 1. The minimum Gasteiger partial charge on any atom is -0.313 e. The van der Waals surface area contributed by atoms with Crippen molar-refractivity contribution in [1.29, 1.82) is 0 Å². The average Bonchev–Trinajstić information content (AvgIpc) is 3.22. The number of allylic oxidation sites excluding steroid dienone is 4. The first-order valence-electron chi connectivity index (χ1n) is 8.08. The molecule has 4 nitrogen and oxygen atoms in total. The van der Waals surface area contributed by atoms with Crippen molar-refractivity contribution in [2.24, 2.45) is 11.8 Å². The monoisotopic (exact) mass is 350 g/mol. The Balaban J connectivity index is 1.48. The molecule has 1 heterocycles. The van der Waals surface area contributed by atoms with E-state index in [1.807, 2.05) is 17.1 Å². The zero-order valence-electron chi connectivity index (χ0n) is 13.1. The molecule has 124 valence electrons. The van der Waals surface area contributed by atoms with Crippen molar-refractivity contribution in [3.63, 3.8) is 0 Å². The largest absolute Gasteiger partial charge is 0.313 e. The maximum atomic E-state index is 11.2. The molecule has 0 radical (unpaired) electrons. The number of hydrogen-bond donors (Lipinski definition) is 1. The van der Waals surface area contributed by atoms with Gasteiger partial charge in [0.05, 0.1) is 19.3 Å². The normalized spacial score (nSPS) is 20.6. The fourth-order valence-corrected chi connectivity index (χ4v) is 3.61. The highest BCUT2D eigenvalue weighted by Gasteiger charge is 2.21. The van der Waals surface area contributed by atoms with Gasteiger partial charge < -0.3 is 4.18 Å². The molecule has 23 heavy (non-hydrogen) atoms. The van der Waals surface area contributed by atoms with Crippen LogP contribution >= 0.6 is 24.7 Å². The van der Waals surface area contributed by atoms with Crippen molar-refractivity contribution in [2.45, 2.75) is 32.2 Å². The molecule has 1 aromatic rings. The summed E-state index contributed by atoms with van der Waals surface area (Å²) < 4.78 is 7.50. The van der Waals surface area contributed by atoms with Crippen LogP contribution in [0.3, 0.4) is 0 Å². The van der Waals surface area contributed by atoms with Gasteiger partial charge in [-0.2, -0.15) is 5.10 Å². The van der Waals surface area contributed by atoms with E-state index in [4.69, 9.17) is 4.18 Å². The third kappa shape index (κ3) is 5.55. The summed E-state index contributed by atoms with van der Waals surface area (Å²) in [6.45, 7) is 1.43. The van der Waals surface area contributed by atoms with E-state index < -0.39 is 0 Å². The van der Waals surface area contributed by atoms with E-state index in [9.17, 15) is 4.79 Å².